The van der Waals surface area contributed by atoms with Crippen LogP contribution >= 0.6 is 47.8 Å². The van der Waals surface area contributed by atoms with Crippen molar-refractivity contribution >= 4 is 47.8 Å². The normalized spacial score (nSPS) is 11.6. The van der Waals surface area contributed by atoms with E-state index in [1.54, 1.807) is 0 Å². The van der Waals surface area contributed by atoms with Gasteiger partial charge in [-0.05, 0) is 46.5 Å². The fourth-order valence-electron chi connectivity index (χ4n) is 2.24. The van der Waals surface area contributed by atoms with E-state index in [2.05, 4.69) is 90.0 Å². The molecule has 1 aromatic heterocycles. The highest BCUT2D eigenvalue weighted by Gasteiger charge is 2.30. The van der Waals surface area contributed by atoms with Crippen molar-refractivity contribution in [1.29, 1.82) is 0 Å². The lowest BCUT2D eigenvalue weighted by atomic mass is 9.79. The number of nitrogens with zero attached hydrogens (tertiary/aromatic N) is 1. The zero-order valence-corrected chi connectivity index (χ0v) is 16.0. The molecule has 106 valence electrons. The summed E-state index contributed by atoms with van der Waals surface area (Å²) in [6, 6.07) is 10.9. The van der Waals surface area contributed by atoms with Gasteiger partial charge in [0.15, 0.2) is 0 Å². The summed E-state index contributed by atoms with van der Waals surface area (Å²) in [6.45, 7) is 2.12. The molecule has 2 aromatic rings. The molecule has 0 bridgehead atoms. The smallest absolute Gasteiger partial charge is 0.0410 e. The second-order valence-corrected chi connectivity index (χ2v) is 7.14. The van der Waals surface area contributed by atoms with Crippen molar-refractivity contribution in [2.24, 2.45) is 0 Å². The number of pyridine rings is 1. The predicted octanol–water partition coefficient (Wildman–Crippen LogP) is 5.42. The average molecular weight is 462 g/mol. The highest BCUT2D eigenvalue weighted by Crippen LogP contribution is 2.33. The summed E-state index contributed by atoms with van der Waals surface area (Å²) in [4.78, 5) is 4.27. The van der Waals surface area contributed by atoms with E-state index in [9.17, 15) is 0 Å². The maximum atomic E-state index is 4.27. The van der Waals surface area contributed by atoms with Crippen LogP contribution in [0.5, 0.6) is 0 Å². The van der Waals surface area contributed by atoms with E-state index in [1.807, 2.05) is 12.4 Å². The highest BCUT2D eigenvalue weighted by molar-refractivity contribution is 9.10. The highest BCUT2D eigenvalue weighted by atomic mass is 79.9. The zero-order valence-electron chi connectivity index (χ0n) is 11.2. The second-order valence-electron chi connectivity index (χ2n) is 5.10. The molecule has 0 amide bonds. The Labute approximate surface area is 145 Å². The van der Waals surface area contributed by atoms with Crippen LogP contribution in [-0.2, 0) is 11.8 Å². The molecule has 0 atom stereocenters. The monoisotopic (exact) mass is 459 g/mol. The molecule has 0 radical (unpaired) electrons. The van der Waals surface area contributed by atoms with E-state index in [-0.39, 0.29) is 5.41 Å². The molecule has 0 aliphatic rings. The summed E-state index contributed by atoms with van der Waals surface area (Å²) < 4.78 is 1.02. The molecule has 2 rings (SSSR count). The molecule has 1 aromatic carbocycles. The minimum atomic E-state index is 0.0379. The maximum Gasteiger partial charge on any atom is 0.0410 e. The molecule has 20 heavy (non-hydrogen) atoms. The molecule has 0 spiro atoms. The molecule has 0 N–H and O–H groups in total. The fraction of sp³-hybridized carbons (Fsp3) is 0.312. The van der Waals surface area contributed by atoms with Crippen molar-refractivity contribution in [1.82, 2.24) is 4.98 Å². The lowest BCUT2D eigenvalue weighted by molar-refractivity contribution is 0.550. The summed E-state index contributed by atoms with van der Waals surface area (Å²) in [5.41, 5.74) is 3.91. The minimum Gasteiger partial charge on any atom is -0.263 e. The van der Waals surface area contributed by atoms with Gasteiger partial charge in [-0.1, -0.05) is 61.7 Å². The van der Waals surface area contributed by atoms with Gasteiger partial charge < -0.3 is 0 Å². The lowest BCUT2D eigenvalue weighted by Gasteiger charge is -2.31. The number of hydrogen-bond acceptors (Lipinski definition) is 1. The topological polar surface area (TPSA) is 12.9 Å². The van der Waals surface area contributed by atoms with Crippen molar-refractivity contribution in [2.45, 2.75) is 18.8 Å². The molecular weight excluding hydrogens is 446 g/mol. The van der Waals surface area contributed by atoms with Gasteiger partial charge in [-0.25, -0.2) is 0 Å². The van der Waals surface area contributed by atoms with Crippen molar-refractivity contribution in [3.05, 3.63) is 63.9 Å². The van der Waals surface area contributed by atoms with Crippen molar-refractivity contribution in [3.8, 4) is 0 Å². The van der Waals surface area contributed by atoms with Crippen molar-refractivity contribution in [2.75, 3.05) is 10.7 Å². The Morgan fingerprint density at radius 1 is 1.05 bits per heavy atom. The first-order valence-electron chi connectivity index (χ1n) is 6.38. The third kappa shape index (κ3) is 3.71. The first-order chi connectivity index (χ1) is 9.59. The molecule has 1 nitrogen and oxygen atoms in total. The van der Waals surface area contributed by atoms with E-state index in [0.717, 1.165) is 21.6 Å². The van der Waals surface area contributed by atoms with Crippen LogP contribution < -0.4 is 0 Å². The summed E-state index contributed by atoms with van der Waals surface area (Å²) in [7, 11) is 0. The van der Waals surface area contributed by atoms with Gasteiger partial charge in [0.2, 0.25) is 0 Å². The number of halogens is 3. The van der Waals surface area contributed by atoms with Crippen LogP contribution in [0.3, 0.4) is 0 Å². The van der Waals surface area contributed by atoms with Crippen LogP contribution in [0.4, 0.5) is 0 Å². The van der Waals surface area contributed by atoms with E-state index < -0.39 is 0 Å². The van der Waals surface area contributed by atoms with Gasteiger partial charge in [0.05, 0.1) is 0 Å². The van der Waals surface area contributed by atoms with Gasteiger partial charge >= 0.3 is 0 Å². The quantitative estimate of drug-likeness (QED) is 0.541. The number of benzene rings is 1. The van der Waals surface area contributed by atoms with Gasteiger partial charge in [-0.2, -0.15) is 0 Å². The molecule has 0 saturated carbocycles. The number of hydrogen-bond donors (Lipinski definition) is 0. The first kappa shape index (κ1) is 16.2. The van der Waals surface area contributed by atoms with Gasteiger partial charge in [0.1, 0.15) is 0 Å². The maximum absolute atomic E-state index is 4.27. The summed E-state index contributed by atoms with van der Waals surface area (Å²) in [5, 5.41) is 1.81. The van der Waals surface area contributed by atoms with Gasteiger partial charge in [-0.15, -0.1) is 0 Å². The molecule has 4 heteroatoms. The van der Waals surface area contributed by atoms with Gasteiger partial charge in [0, 0.05) is 32.9 Å². The largest absolute Gasteiger partial charge is 0.263 e. The molecule has 0 aliphatic carbocycles. The Morgan fingerprint density at radius 2 is 1.70 bits per heavy atom. The predicted molar refractivity (Wildman–Crippen MR) is 96.1 cm³/mol. The zero-order chi connectivity index (χ0) is 14.6. The van der Waals surface area contributed by atoms with Gasteiger partial charge in [-0.3, -0.25) is 4.98 Å². The van der Waals surface area contributed by atoms with Gasteiger partial charge in [0.25, 0.3) is 0 Å². The number of aromatic nitrogens is 1. The molecule has 1 heterocycles. The third-order valence-corrected chi connectivity index (χ3v) is 6.06. The molecule has 0 saturated heterocycles. The molecule has 0 aliphatic heterocycles. The summed E-state index contributed by atoms with van der Waals surface area (Å²) in [5.74, 6) is 0. The molecule has 0 fully saturated rings. The van der Waals surface area contributed by atoms with E-state index in [1.165, 1.54) is 16.7 Å². The number of aryl methyl sites for hydroxylation is 1. The van der Waals surface area contributed by atoms with E-state index in [4.69, 9.17) is 0 Å². The second kappa shape index (κ2) is 7.19. The third-order valence-electron chi connectivity index (χ3n) is 3.48. The van der Waals surface area contributed by atoms with E-state index >= 15 is 0 Å². The summed E-state index contributed by atoms with van der Waals surface area (Å²) >= 11 is 10.9. The van der Waals surface area contributed by atoms with Crippen LogP contribution in [0.1, 0.15) is 16.7 Å². The lowest BCUT2D eigenvalue weighted by Crippen LogP contribution is -2.33. The van der Waals surface area contributed by atoms with Crippen LogP contribution in [0.2, 0.25) is 0 Å². The van der Waals surface area contributed by atoms with Crippen LogP contribution in [0, 0.1) is 6.92 Å². The van der Waals surface area contributed by atoms with Crippen LogP contribution in [0.15, 0.2) is 47.2 Å². The Morgan fingerprint density at radius 3 is 2.25 bits per heavy atom. The number of alkyl halides is 2. The van der Waals surface area contributed by atoms with Crippen LogP contribution in [0.25, 0.3) is 0 Å². The van der Waals surface area contributed by atoms with E-state index in [0.29, 0.717) is 0 Å². The summed E-state index contributed by atoms with van der Waals surface area (Å²) in [6.07, 6.45) is 4.71. The first-order valence-corrected chi connectivity index (χ1v) is 9.42. The number of rotatable bonds is 5. The standard InChI is InChI=1S/C16H16Br3N/c1-12-2-4-14(5-3-12)16(10-17,11-18)7-13-6-15(19)9-20-8-13/h2-6,8-9H,7,10-11H2,1H3. The minimum absolute atomic E-state index is 0.0379. The molecular formula is C16H16Br3N. The van der Waals surface area contributed by atoms with Crippen LogP contribution in [-0.4, -0.2) is 15.6 Å². The Kier molecular flexibility index (Phi) is 5.82. The Bertz CT molecular complexity index is 562. The van der Waals surface area contributed by atoms with Crippen molar-refractivity contribution < 1.29 is 0 Å². The Balaban J connectivity index is 2.36. The fourth-order valence-corrected chi connectivity index (χ4v) is 4.62. The van der Waals surface area contributed by atoms with Crippen molar-refractivity contribution in [3.63, 3.8) is 0 Å². The SMILES string of the molecule is Cc1ccc(C(CBr)(CBr)Cc2cncc(Br)c2)cc1. The molecule has 0 unspecified atom stereocenters. The Hall–Kier alpha value is -0.190. The average Bonchev–Trinajstić information content (AvgIpc) is 2.46.